The molecule has 1 aromatic rings. The zero-order valence-corrected chi connectivity index (χ0v) is 10.1. The van der Waals surface area contributed by atoms with Crippen molar-refractivity contribution in [3.05, 3.63) is 29.3 Å². The number of hydrogen-bond acceptors (Lipinski definition) is 2. The molecule has 0 radical (unpaired) electrons. The summed E-state index contributed by atoms with van der Waals surface area (Å²) in [5, 5.41) is 3.45. The summed E-state index contributed by atoms with van der Waals surface area (Å²) in [5.74, 6) is 0.736. The number of aryl methyl sites for hydroxylation is 1. The minimum Gasteiger partial charge on any atom is -0.309 e. The van der Waals surface area contributed by atoms with Crippen molar-refractivity contribution in [3.8, 4) is 0 Å². The smallest absolute Gasteiger partial charge is 0.0554 e. The first-order chi connectivity index (χ1) is 7.24. The Morgan fingerprint density at radius 1 is 1.53 bits per heavy atom. The molecule has 0 amide bonds. The summed E-state index contributed by atoms with van der Waals surface area (Å²) in [6.07, 6.45) is 1.12. The molecule has 1 heterocycles. The summed E-state index contributed by atoms with van der Waals surface area (Å²) in [6.45, 7) is 5.18. The molecule has 3 heteroatoms. The van der Waals surface area contributed by atoms with E-state index in [2.05, 4.69) is 24.4 Å². The molecule has 2 unspecified atom stereocenters. The van der Waals surface area contributed by atoms with Crippen molar-refractivity contribution < 1.29 is 4.21 Å². The molecule has 0 saturated heterocycles. The van der Waals surface area contributed by atoms with Crippen LogP contribution in [0.25, 0.3) is 0 Å². The summed E-state index contributed by atoms with van der Waals surface area (Å²) in [7, 11) is -0.805. The Labute approximate surface area is 93.5 Å². The van der Waals surface area contributed by atoms with Crippen LogP contribution in [0.3, 0.4) is 0 Å². The van der Waals surface area contributed by atoms with Gasteiger partial charge in [-0.2, -0.15) is 0 Å². The molecule has 0 saturated carbocycles. The van der Waals surface area contributed by atoms with Gasteiger partial charge in [-0.25, -0.2) is 0 Å². The third-order valence-electron chi connectivity index (χ3n) is 2.80. The minimum absolute atomic E-state index is 0.292. The van der Waals surface area contributed by atoms with Crippen LogP contribution in [0.4, 0.5) is 0 Å². The van der Waals surface area contributed by atoms with Crippen molar-refractivity contribution in [3.63, 3.8) is 0 Å². The van der Waals surface area contributed by atoms with Crippen LogP contribution in [0.15, 0.2) is 23.1 Å². The molecule has 2 nitrogen and oxygen atoms in total. The van der Waals surface area contributed by atoms with E-state index in [-0.39, 0.29) is 0 Å². The molecule has 2 rings (SSSR count). The Morgan fingerprint density at radius 3 is 3.07 bits per heavy atom. The Balaban J connectivity index is 2.30. The maximum absolute atomic E-state index is 11.9. The van der Waals surface area contributed by atoms with Crippen LogP contribution in [0, 0.1) is 6.92 Å². The normalized spacial score (nSPS) is 24.1. The average Bonchev–Trinajstić information content (AvgIpc) is 2.54. The molecule has 0 aromatic heterocycles. The number of rotatable bonds is 3. The minimum atomic E-state index is -0.805. The van der Waals surface area contributed by atoms with Gasteiger partial charge in [0, 0.05) is 16.7 Å². The SMILES string of the molecule is CCCNC1CS(=O)c2c(C)cccc21. The van der Waals surface area contributed by atoms with E-state index in [1.54, 1.807) is 0 Å². The van der Waals surface area contributed by atoms with Crippen LogP contribution in [-0.2, 0) is 10.8 Å². The fourth-order valence-corrected chi connectivity index (χ4v) is 3.74. The summed E-state index contributed by atoms with van der Waals surface area (Å²) < 4.78 is 11.9. The van der Waals surface area contributed by atoms with Crippen LogP contribution >= 0.6 is 0 Å². The van der Waals surface area contributed by atoms with Crippen LogP contribution in [0.5, 0.6) is 0 Å². The fraction of sp³-hybridized carbons (Fsp3) is 0.500. The molecule has 1 N–H and O–H groups in total. The van der Waals surface area contributed by atoms with E-state index in [0.717, 1.165) is 29.2 Å². The van der Waals surface area contributed by atoms with Gasteiger partial charge < -0.3 is 5.32 Å². The van der Waals surface area contributed by atoms with E-state index in [4.69, 9.17) is 0 Å². The number of nitrogens with one attached hydrogen (secondary N) is 1. The van der Waals surface area contributed by atoms with Gasteiger partial charge >= 0.3 is 0 Å². The predicted octanol–water partition coefficient (Wildman–Crippen LogP) is 2.16. The van der Waals surface area contributed by atoms with E-state index >= 15 is 0 Å². The lowest BCUT2D eigenvalue weighted by atomic mass is 10.1. The quantitative estimate of drug-likeness (QED) is 0.850. The average molecular weight is 223 g/mol. The number of fused-ring (bicyclic) bond motifs is 1. The molecule has 0 bridgehead atoms. The summed E-state index contributed by atoms with van der Waals surface area (Å²) >= 11 is 0. The van der Waals surface area contributed by atoms with Crippen LogP contribution in [0.1, 0.15) is 30.5 Å². The lowest BCUT2D eigenvalue weighted by Crippen LogP contribution is -2.22. The van der Waals surface area contributed by atoms with Gasteiger partial charge in [0.05, 0.1) is 10.8 Å². The number of benzene rings is 1. The predicted molar refractivity (Wildman–Crippen MR) is 63.5 cm³/mol. The molecule has 0 spiro atoms. The van der Waals surface area contributed by atoms with E-state index in [1.165, 1.54) is 5.56 Å². The van der Waals surface area contributed by atoms with E-state index in [1.807, 2.05) is 13.0 Å². The second-order valence-corrected chi connectivity index (χ2v) is 5.44. The molecular formula is C12H17NOS. The first kappa shape index (κ1) is 10.8. The third-order valence-corrected chi connectivity index (χ3v) is 4.45. The van der Waals surface area contributed by atoms with Gasteiger partial charge in [0.1, 0.15) is 0 Å². The van der Waals surface area contributed by atoms with E-state index in [9.17, 15) is 4.21 Å². The molecule has 15 heavy (non-hydrogen) atoms. The zero-order chi connectivity index (χ0) is 10.8. The largest absolute Gasteiger partial charge is 0.309 e. The lowest BCUT2D eigenvalue weighted by molar-refractivity contribution is 0.576. The third kappa shape index (κ3) is 1.99. The molecule has 1 aliphatic heterocycles. The van der Waals surface area contributed by atoms with E-state index in [0.29, 0.717) is 6.04 Å². The Bertz CT molecular complexity index is 389. The lowest BCUT2D eigenvalue weighted by Gasteiger charge is -2.11. The summed E-state index contributed by atoms with van der Waals surface area (Å²) in [4.78, 5) is 1.06. The standard InChI is InChI=1S/C12H17NOS/c1-3-7-13-11-8-15(14)12-9(2)5-4-6-10(11)12/h4-6,11,13H,3,7-8H2,1-2H3. The highest BCUT2D eigenvalue weighted by Crippen LogP contribution is 2.32. The monoisotopic (exact) mass is 223 g/mol. The fourth-order valence-electron chi connectivity index (χ4n) is 2.07. The van der Waals surface area contributed by atoms with Gasteiger partial charge in [0.2, 0.25) is 0 Å². The van der Waals surface area contributed by atoms with Crippen molar-refractivity contribution in [1.82, 2.24) is 5.32 Å². The van der Waals surface area contributed by atoms with Crippen LogP contribution in [-0.4, -0.2) is 16.5 Å². The second-order valence-electron chi connectivity index (χ2n) is 4.01. The van der Waals surface area contributed by atoms with Crippen LogP contribution in [0.2, 0.25) is 0 Å². The highest BCUT2D eigenvalue weighted by Gasteiger charge is 2.28. The molecule has 2 atom stereocenters. The molecule has 1 aliphatic rings. The van der Waals surface area contributed by atoms with Gasteiger partial charge in [-0.05, 0) is 31.0 Å². The second kappa shape index (κ2) is 4.45. The van der Waals surface area contributed by atoms with Gasteiger partial charge in [0.15, 0.2) is 0 Å². The highest BCUT2D eigenvalue weighted by molar-refractivity contribution is 7.85. The van der Waals surface area contributed by atoms with E-state index < -0.39 is 10.8 Å². The maximum Gasteiger partial charge on any atom is 0.0554 e. The Morgan fingerprint density at radius 2 is 2.33 bits per heavy atom. The van der Waals surface area contributed by atoms with Crippen molar-refractivity contribution in [2.24, 2.45) is 0 Å². The first-order valence-corrected chi connectivity index (χ1v) is 6.77. The topological polar surface area (TPSA) is 29.1 Å². The molecular weight excluding hydrogens is 206 g/mol. The molecule has 82 valence electrons. The first-order valence-electron chi connectivity index (χ1n) is 5.45. The van der Waals surface area contributed by atoms with Gasteiger partial charge in [-0.3, -0.25) is 4.21 Å². The Hall–Kier alpha value is -0.670. The Kier molecular flexibility index (Phi) is 3.22. The van der Waals surface area contributed by atoms with Crippen molar-refractivity contribution >= 4 is 10.8 Å². The summed E-state index contributed by atoms with van der Waals surface area (Å²) in [6, 6.07) is 6.48. The zero-order valence-electron chi connectivity index (χ0n) is 9.25. The van der Waals surface area contributed by atoms with Gasteiger partial charge in [0.25, 0.3) is 0 Å². The maximum atomic E-state index is 11.9. The van der Waals surface area contributed by atoms with Gasteiger partial charge in [-0.1, -0.05) is 25.1 Å². The number of hydrogen-bond donors (Lipinski definition) is 1. The molecule has 0 aliphatic carbocycles. The molecule has 1 aromatic carbocycles. The summed E-state index contributed by atoms with van der Waals surface area (Å²) in [5.41, 5.74) is 2.40. The van der Waals surface area contributed by atoms with Crippen molar-refractivity contribution in [2.75, 3.05) is 12.3 Å². The molecule has 0 fully saturated rings. The van der Waals surface area contributed by atoms with Crippen molar-refractivity contribution in [2.45, 2.75) is 31.2 Å². The highest BCUT2D eigenvalue weighted by atomic mass is 32.2. The van der Waals surface area contributed by atoms with Gasteiger partial charge in [-0.15, -0.1) is 0 Å². The van der Waals surface area contributed by atoms with Crippen LogP contribution < -0.4 is 5.32 Å². The van der Waals surface area contributed by atoms with Crippen molar-refractivity contribution in [1.29, 1.82) is 0 Å².